The summed E-state index contributed by atoms with van der Waals surface area (Å²) in [5.74, 6) is 0.670. The number of aromatic nitrogens is 4. The highest BCUT2D eigenvalue weighted by atomic mass is 32.2. The predicted octanol–water partition coefficient (Wildman–Crippen LogP) is 4.20. The number of rotatable bonds is 5. The van der Waals surface area contributed by atoms with Crippen LogP contribution >= 0.6 is 11.8 Å². The van der Waals surface area contributed by atoms with Gasteiger partial charge in [-0.25, -0.2) is 19.9 Å². The number of nitrogens with one attached hydrogen (secondary N) is 1. The summed E-state index contributed by atoms with van der Waals surface area (Å²) in [5.41, 5.74) is 3.05. The normalized spacial score (nSPS) is 13.0. The first-order valence-electron chi connectivity index (χ1n) is 10.1. The summed E-state index contributed by atoms with van der Waals surface area (Å²) in [4.78, 5) is 20.1. The summed E-state index contributed by atoms with van der Waals surface area (Å²) >= 11 is 1.44. The molecule has 9 heteroatoms. The molecule has 3 aromatic rings. The maximum atomic E-state index is 8.81. The van der Waals surface area contributed by atoms with Crippen LogP contribution in [0.5, 0.6) is 0 Å². The smallest absolute Gasteiger partial charge is 0.232 e. The van der Waals surface area contributed by atoms with Gasteiger partial charge >= 0.3 is 0 Å². The molecule has 0 aliphatic carbocycles. The molecule has 4 rings (SSSR count). The molecule has 8 nitrogen and oxygen atoms in total. The summed E-state index contributed by atoms with van der Waals surface area (Å²) in [6, 6.07) is 10.1. The molecule has 0 unspecified atom stereocenters. The zero-order valence-corrected chi connectivity index (χ0v) is 18.7. The van der Waals surface area contributed by atoms with Gasteiger partial charge in [0.05, 0.1) is 18.1 Å². The Morgan fingerprint density at radius 2 is 1.71 bits per heavy atom. The fourth-order valence-electron chi connectivity index (χ4n) is 2.83. The Balaban J connectivity index is 0.00000132. The van der Waals surface area contributed by atoms with E-state index in [0.717, 1.165) is 47.5 Å². The molecular formula is C22H25N7OS. The Kier molecular flexibility index (Phi) is 8.15. The fourth-order valence-corrected chi connectivity index (χ4v) is 3.61. The molecule has 1 aromatic carbocycles. The molecule has 0 amide bonds. The van der Waals surface area contributed by atoms with E-state index in [1.54, 1.807) is 18.6 Å². The third-order valence-corrected chi connectivity index (χ3v) is 5.42. The first-order valence-corrected chi connectivity index (χ1v) is 11.0. The lowest BCUT2D eigenvalue weighted by Gasteiger charge is -2.28. The first-order chi connectivity index (χ1) is 15.2. The van der Waals surface area contributed by atoms with Crippen LogP contribution in [0.25, 0.3) is 0 Å². The van der Waals surface area contributed by atoms with Crippen LogP contribution in [0.3, 0.4) is 0 Å². The highest BCUT2D eigenvalue weighted by Gasteiger charge is 2.11. The number of hydrogen-bond donors (Lipinski definition) is 1. The maximum absolute atomic E-state index is 8.81. The molecule has 1 aliphatic rings. The van der Waals surface area contributed by atoms with Gasteiger partial charge in [-0.3, -0.25) is 0 Å². The number of ether oxygens (including phenoxy) is 1. The van der Waals surface area contributed by atoms with Crippen molar-refractivity contribution in [3.05, 3.63) is 54.2 Å². The third-order valence-electron chi connectivity index (χ3n) is 4.37. The minimum absolute atomic E-state index is 0.150. The van der Waals surface area contributed by atoms with Crippen LogP contribution in [0.2, 0.25) is 0 Å². The van der Waals surface area contributed by atoms with E-state index in [1.807, 2.05) is 39.0 Å². The van der Waals surface area contributed by atoms with Crippen molar-refractivity contribution in [2.45, 2.75) is 30.7 Å². The van der Waals surface area contributed by atoms with Crippen molar-refractivity contribution in [1.82, 2.24) is 19.9 Å². The van der Waals surface area contributed by atoms with Crippen LogP contribution < -0.4 is 10.2 Å². The highest BCUT2D eigenvalue weighted by molar-refractivity contribution is 7.99. The summed E-state index contributed by atoms with van der Waals surface area (Å²) in [6.45, 7) is 9.30. The van der Waals surface area contributed by atoms with Gasteiger partial charge in [0.1, 0.15) is 11.1 Å². The van der Waals surface area contributed by atoms with Crippen LogP contribution in [-0.4, -0.2) is 46.2 Å². The zero-order chi connectivity index (χ0) is 22.1. The van der Waals surface area contributed by atoms with Gasteiger partial charge in [-0.2, -0.15) is 5.26 Å². The molecule has 0 radical (unpaired) electrons. The minimum atomic E-state index is 0.150. The number of aryl methyl sites for hydroxylation is 1. The van der Waals surface area contributed by atoms with E-state index in [9.17, 15) is 0 Å². The Labute approximate surface area is 186 Å². The van der Waals surface area contributed by atoms with Crippen LogP contribution in [0.1, 0.15) is 25.2 Å². The molecular weight excluding hydrogens is 410 g/mol. The SMILES string of the molecule is CC.Cc1cnc(Nc2ccc(N3CCOCC3)cc2)nc1Sc1cnc(C#N)nc1. The molecule has 1 saturated heterocycles. The number of nitriles is 1. The van der Waals surface area contributed by atoms with Gasteiger partial charge in [0.15, 0.2) is 0 Å². The molecule has 3 heterocycles. The second-order valence-corrected chi connectivity index (χ2v) is 7.47. The largest absolute Gasteiger partial charge is 0.378 e. The second kappa shape index (κ2) is 11.2. The van der Waals surface area contributed by atoms with E-state index in [0.29, 0.717) is 5.95 Å². The van der Waals surface area contributed by atoms with Crippen molar-refractivity contribution in [2.75, 3.05) is 36.5 Å². The molecule has 1 fully saturated rings. The average molecular weight is 436 g/mol. The molecule has 0 bridgehead atoms. The van der Waals surface area contributed by atoms with Gasteiger partial charge < -0.3 is 15.0 Å². The summed E-state index contributed by atoms with van der Waals surface area (Å²) in [6.07, 6.45) is 5.02. The van der Waals surface area contributed by atoms with Crippen molar-refractivity contribution in [3.8, 4) is 6.07 Å². The molecule has 31 heavy (non-hydrogen) atoms. The molecule has 0 saturated carbocycles. The maximum Gasteiger partial charge on any atom is 0.232 e. The van der Waals surface area contributed by atoms with Crippen LogP contribution in [-0.2, 0) is 4.74 Å². The van der Waals surface area contributed by atoms with Gasteiger partial charge in [-0.15, -0.1) is 0 Å². The predicted molar refractivity (Wildman–Crippen MR) is 122 cm³/mol. The lowest BCUT2D eigenvalue weighted by Crippen LogP contribution is -2.36. The average Bonchev–Trinajstić information content (AvgIpc) is 2.84. The topological polar surface area (TPSA) is 99.9 Å². The lowest BCUT2D eigenvalue weighted by atomic mass is 10.2. The van der Waals surface area contributed by atoms with E-state index >= 15 is 0 Å². The third kappa shape index (κ3) is 6.13. The van der Waals surface area contributed by atoms with Crippen molar-refractivity contribution >= 4 is 29.1 Å². The van der Waals surface area contributed by atoms with E-state index in [2.05, 4.69) is 42.3 Å². The Bertz CT molecular complexity index is 1010. The molecule has 1 N–H and O–H groups in total. The second-order valence-electron chi connectivity index (χ2n) is 6.41. The van der Waals surface area contributed by atoms with Crippen molar-refractivity contribution in [3.63, 3.8) is 0 Å². The van der Waals surface area contributed by atoms with Crippen LogP contribution in [0.15, 0.2) is 52.8 Å². The quantitative estimate of drug-likeness (QED) is 0.591. The number of morpholine rings is 1. The molecule has 0 atom stereocenters. The monoisotopic (exact) mass is 435 g/mol. The fraction of sp³-hybridized carbons (Fsp3) is 0.318. The Morgan fingerprint density at radius 1 is 1.03 bits per heavy atom. The van der Waals surface area contributed by atoms with E-state index in [1.165, 1.54) is 17.4 Å². The van der Waals surface area contributed by atoms with E-state index in [-0.39, 0.29) is 5.82 Å². The van der Waals surface area contributed by atoms with Gasteiger partial charge in [-0.1, -0.05) is 25.6 Å². The van der Waals surface area contributed by atoms with Crippen molar-refractivity contribution in [1.29, 1.82) is 5.26 Å². The molecule has 160 valence electrons. The van der Waals surface area contributed by atoms with Gasteiger partial charge in [0, 0.05) is 48.6 Å². The molecule has 0 spiro atoms. The Morgan fingerprint density at radius 3 is 2.35 bits per heavy atom. The minimum Gasteiger partial charge on any atom is -0.378 e. The number of anilines is 3. The lowest BCUT2D eigenvalue weighted by molar-refractivity contribution is 0.122. The molecule has 2 aromatic heterocycles. The van der Waals surface area contributed by atoms with Crippen molar-refractivity contribution in [2.24, 2.45) is 0 Å². The van der Waals surface area contributed by atoms with E-state index < -0.39 is 0 Å². The van der Waals surface area contributed by atoms with Gasteiger partial charge in [-0.05, 0) is 31.2 Å². The van der Waals surface area contributed by atoms with Crippen LogP contribution in [0, 0.1) is 18.3 Å². The van der Waals surface area contributed by atoms with Crippen LogP contribution in [0.4, 0.5) is 17.3 Å². The highest BCUT2D eigenvalue weighted by Crippen LogP contribution is 2.29. The summed E-state index contributed by atoms with van der Waals surface area (Å²) < 4.78 is 5.40. The number of nitrogens with zero attached hydrogens (tertiary/aromatic N) is 6. The number of benzene rings is 1. The first kappa shape index (κ1) is 22.5. The molecule has 1 aliphatic heterocycles. The number of hydrogen-bond acceptors (Lipinski definition) is 9. The summed E-state index contributed by atoms with van der Waals surface area (Å²) in [7, 11) is 0. The van der Waals surface area contributed by atoms with Gasteiger partial charge in [0.25, 0.3) is 0 Å². The van der Waals surface area contributed by atoms with Gasteiger partial charge in [0.2, 0.25) is 11.8 Å². The van der Waals surface area contributed by atoms with E-state index in [4.69, 9.17) is 10.00 Å². The Hall–Kier alpha value is -3.22. The summed E-state index contributed by atoms with van der Waals surface area (Å²) in [5, 5.41) is 12.9. The standard InChI is InChI=1S/C20H19N7OS.C2H6/c1-14-11-24-20(26-19(14)29-17-12-22-18(10-21)23-13-17)25-15-2-4-16(5-3-15)27-6-8-28-9-7-27;1-2/h2-5,11-13H,6-9H2,1H3,(H,24,25,26);1-2H3. The zero-order valence-electron chi connectivity index (χ0n) is 17.9. The van der Waals surface area contributed by atoms with Crippen molar-refractivity contribution < 1.29 is 4.74 Å².